The molecule has 0 saturated heterocycles. The molecule has 8 heteroatoms. The highest BCUT2D eigenvalue weighted by Crippen LogP contribution is 2.26. The zero-order valence-electron chi connectivity index (χ0n) is 18.5. The molecule has 0 fully saturated rings. The number of benzene rings is 1. The Labute approximate surface area is 201 Å². The van der Waals surface area contributed by atoms with Gasteiger partial charge in [0.25, 0.3) is 0 Å². The molecule has 30 heavy (non-hydrogen) atoms. The van der Waals surface area contributed by atoms with Crippen LogP contribution in [0.5, 0.6) is 11.5 Å². The van der Waals surface area contributed by atoms with Gasteiger partial charge in [0.15, 0.2) is 5.96 Å². The first-order chi connectivity index (χ1) is 14.0. The van der Waals surface area contributed by atoms with Crippen LogP contribution >= 0.6 is 35.3 Å². The third-order valence-corrected chi connectivity index (χ3v) is 6.51. The number of nitrogens with zero attached hydrogens (tertiary/aromatic N) is 3. The first kappa shape index (κ1) is 24.7. The SMILES string of the molecule is CN=C(NCC(C)N1CCc2sccc2C1)N(C)Cc1ccc(OC)cc1OC.I. The van der Waals surface area contributed by atoms with Gasteiger partial charge < -0.3 is 19.7 Å². The maximum atomic E-state index is 5.53. The number of rotatable bonds is 7. The minimum Gasteiger partial charge on any atom is -0.497 e. The predicted molar refractivity (Wildman–Crippen MR) is 136 cm³/mol. The highest BCUT2D eigenvalue weighted by Gasteiger charge is 2.22. The van der Waals surface area contributed by atoms with E-state index < -0.39 is 0 Å². The molecule has 166 valence electrons. The molecular formula is C22H33IN4O2S. The van der Waals surface area contributed by atoms with Crippen LogP contribution in [0.25, 0.3) is 0 Å². The summed E-state index contributed by atoms with van der Waals surface area (Å²) in [4.78, 5) is 10.7. The van der Waals surface area contributed by atoms with Crippen molar-refractivity contribution in [2.75, 3.05) is 41.4 Å². The number of ether oxygens (including phenoxy) is 2. The van der Waals surface area contributed by atoms with Crippen molar-refractivity contribution in [1.82, 2.24) is 15.1 Å². The van der Waals surface area contributed by atoms with Gasteiger partial charge in [-0.3, -0.25) is 9.89 Å². The standard InChI is InChI=1S/C22H32N4O2S.HI/c1-16(26-10-8-21-18(15-26)9-11-29-21)13-24-22(23-2)25(3)14-17-6-7-19(27-4)12-20(17)28-5;/h6-7,9,11-12,16H,8,10,13-15H2,1-5H3,(H,23,24);1H. The van der Waals surface area contributed by atoms with E-state index in [0.29, 0.717) is 12.6 Å². The van der Waals surface area contributed by atoms with E-state index in [0.717, 1.165) is 49.1 Å². The fraction of sp³-hybridized carbons (Fsp3) is 0.500. The Hall–Kier alpha value is -1.52. The molecule has 0 radical (unpaired) electrons. The molecule has 0 bridgehead atoms. The van der Waals surface area contributed by atoms with E-state index in [-0.39, 0.29) is 24.0 Å². The summed E-state index contributed by atoms with van der Waals surface area (Å²) in [6.07, 6.45) is 1.16. The quantitative estimate of drug-likeness (QED) is 0.326. The maximum Gasteiger partial charge on any atom is 0.193 e. The molecule has 0 spiro atoms. The average molecular weight is 545 g/mol. The van der Waals surface area contributed by atoms with Crippen LogP contribution < -0.4 is 14.8 Å². The van der Waals surface area contributed by atoms with Crippen molar-refractivity contribution in [2.45, 2.75) is 32.5 Å². The molecule has 0 saturated carbocycles. The highest BCUT2D eigenvalue weighted by molar-refractivity contribution is 14.0. The molecule has 0 aliphatic carbocycles. The zero-order chi connectivity index (χ0) is 20.8. The van der Waals surface area contributed by atoms with E-state index in [1.54, 1.807) is 19.1 Å². The molecule has 2 aromatic rings. The Kier molecular flexibility index (Phi) is 9.70. The maximum absolute atomic E-state index is 5.53. The van der Waals surface area contributed by atoms with Gasteiger partial charge in [0, 0.05) is 62.8 Å². The first-order valence-corrected chi connectivity index (χ1v) is 10.9. The van der Waals surface area contributed by atoms with Crippen LogP contribution in [0.2, 0.25) is 0 Å². The largest absolute Gasteiger partial charge is 0.497 e. The van der Waals surface area contributed by atoms with Crippen LogP contribution in [0.4, 0.5) is 0 Å². The summed E-state index contributed by atoms with van der Waals surface area (Å²) in [7, 11) is 7.22. The molecule has 3 rings (SSSR count). The lowest BCUT2D eigenvalue weighted by Crippen LogP contribution is -2.47. The van der Waals surface area contributed by atoms with Crippen molar-refractivity contribution in [1.29, 1.82) is 0 Å². The molecule has 1 N–H and O–H groups in total. The molecule has 1 aromatic carbocycles. The third-order valence-electron chi connectivity index (χ3n) is 5.49. The molecular weight excluding hydrogens is 511 g/mol. The van der Waals surface area contributed by atoms with Crippen LogP contribution in [-0.4, -0.2) is 63.2 Å². The number of methoxy groups -OCH3 is 2. The van der Waals surface area contributed by atoms with Gasteiger partial charge in [-0.1, -0.05) is 0 Å². The van der Waals surface area contributed by atoms with Gasteiger partial charge in [0.2, 0.25) is 0 Å². The topological polar surface area (TPSA) is 49.3 Å². The summed E-state index contributed by atoms with van der Waals surface area (Å²) in [6.45, 7) is 6.00. The number of thiophene rings is 1. The number of halogens is 1. The van der Waals surface area contributed by atoms with E-state index in [9.17, 15) is 0 Å². The minimum atomic E-state index is 0. The Morgan fingerprint density at radius 3 is 2.80 bits per heavy atom. The van der Waals surface area contributed by atoms with Crippen LogP contribution in [0, 0.1) is 0 Å². The van der Waals surface area contributed by atoms with Crippen molar-refractivity contribution in [3.8, 4) is 11.5 Å². The molecule has 1 aliphatic rings. The lowest BCUT2D eigenvalue weighted by atomic mass is 10.1. The van der Waals surface area contributed by atoms with Gasteiger partial charge in [-0.05, 0) is 42.5 Å². The van der Waals surface area contributed by atoms with Crippen molar-refractivity contribution < 1.29 is 9.47 Å². The van der Waals surface area contributed by atoms with Crippen molar-refractivity contribution >= 4 is 41.3 Å². The Bertz CT molecular complexity index is 842. The van der Waals surface area contributed by atoms with E-state index in [4.69, 9.17) is 9.47 Å². The van der Waals surface area contributed by atoms with Gasteiger partial charge in [-0.15, -0.1) is 35.3 Å². The smallest absolute Gasteiger partial charge is 0.193 e. The van der Waals surface area contributed by atoms with Crippen molar-refractivity contribution in [3.05, 3.63) is 45.6 Å². The molecule has 6 nitrogen and oxygen atoms in total. The Morgan fingerprint density at radius 2 is 2.10 bits per heavy atom. The average Bonchev–Trinajstić information content (AvgIpc) is 3.22. The number of hydrogen-bond donors (Lipinski definition) is 1. The highest BCUT2D eigenvalue weighted by atomic mass is 127. The van der Waals surface area contributed by atoms with Gasteiger partial charge >= 0.3 is 0 Å². The van der Waals surface area contributed by atoms with Crippen LogP contribution in [0.3, 0.4) is 0 Å². The van der Waals surface area contributed by atoms with Crippen LogP contribution in [-0.2, 0) is 19.5 Å². The number of fused-ring (bicyclic) bond motifs is 1. The number of aliphatic imine (C=N–C) groups is 1. The second-order valence-corrected chi connectivity index (χ2v) is 8.40. The number of hydrogen-bond acceptors (Lipinski definition) is 5. The first-order valence-electron chi connectivity index (χ1n) is 9.97. The molecule has 2 heterocycles. The van der Waals surface area contributed by atoms with E-state index in [1.807, 2.05) is 43.6 Å². The van der Waals surface area contributed by atoms with Crippen molar-refractivity contribution in [3.63, 3.8) is 0 Å². The summed E-state index contributed by atoms with van der Waals surface area (Å²) in [6, 6.07) is 8.61. The summed E-state index contributed by atoms with van der Waals surface area (Å²) in [5, 5.41) is 5.75. The van der Waals surface area contributed by atoms with E-state index in [1.165, 1.54) is 5.56 Å². The van der Waals surface area contributed by atoms with Gasteiger partial charge in [0.1, 0.15) is 11.5 Å². The van der Waals surface area contributed by atoms with Gasteiger partial charge in [-0.2, -0.15) is 0 Å². The van der Waals surface area contributed by atoms with Gasteiger partial charge in [0.05, 0.1) is 14.2 Å². The predicted octanol–water partition coefficient (Wildman–Crippen LogP) is 3.84. The number of nitrogens with one attached hydrogen (secondary N) is 1. The minimum absolute atomic E-state index is 0. The van der Waals surface area contributed by atoms with E-state index in [2.05, 4.69) is 38.5 Å². The second-order valence-electron chi connectivity index (χ2n) is 7.40. The van der Waals surface area contributed by atoms with Crippen LogP contribution in [0.15, 0.2) is 34.6 Å². The lowest BCUT2D eigenvalue weighted by Gasteiger charge is -2.33. The molecule has 0 amide bonds. The molecule has 1 atom stereocenters. The zero-order valence-corrected chi connectivity index (χ0v) is 21.6. The monoisotopic (exact) mass is 544 g/mol. The lowest BCUT2D eigenvalue weighted by molar-refractivity contribution is 0.192. The molecule has 1 unspecified atom stereocenters. The summed E-state index contributed by atoms with van der Waals surface area (Å²) < 4.78 is 10.8. The summed E-state index contributed by atoms with van der Waals surface area (Å²) in [5.41, 5.74) is 2.58. The molecule has 1 aliphatic heterocycles. The summed E-state index contributed by atoms with van der Waals surface area (Å²) in [5.74, 6) is 2.49. The third kappa shape index (κ3) is 6.01. The second kappa shape index (κ2) is 11.8. The fourth-order valence-electron chi connectivity index (χ4n) is 3.71. The van der Waals surface area contributed by atoms with Crippen molar-refractivity contribution in [2.24, 2.45) is 4.99 Å². The van der Waals surface area contributed by atoms with Gasteiger partial charge in [-0.25, -0.2) is 0 Å². The number of guanidine groups is 1. The Morgan fingerprint density at radius 1 is 1.30 bits per heavy atom. The Balaban J connectivity index is 0.00000320. The van der Waals surface area contributed by atoms with Crippen LogP contribution in [0.1, 0.15) is 22.9 Å². The fourth-order valence-corrected chi connectivity index (χ4v) is 4.60. The van der Waals surface area contributed by atoms with E-state index >= 15 is 0 Å². The molecule has 1 aromatic heterocycles. The normalized spacial score (nSPS) is 15.0. The summed E-state index contributed by atoms with van der Waals surface area (Å²) >= 11 is 1.88.